The molecule has 1 saturated heterocycles. The zero-order valence-electron chi connectivity index (χ0n) is 14.8. The molecule has 0 unspecified atom stereocenters. The Balaban J connectivity index is 2.15. The number of aromatic nitrogens is 4. The van der Waals surface area contributed by atoms with Crippen molar-refractivity contribution in [1.82, 2.24) is 14.5 Å². The van der Waals surface area contributed by atoms with Gasteiger partial charge in [0.15, 0.2) is 18.4 Å². The van der Waals surface area contributed by atoms with Crippen molar-refractivity contribution in [3.8, 4) is 0 Å². The maximum absolute atomic E-state index is 6.32. The van der Waals surface area contributed by atoms with Crippen LogP contribution in [-0.2, 0) is 11.8 Å². The van der Waals surface area contributed by atoms with Crippen LogP contribution in [0.5, 0.6) is 0 Å². The summed E-state index contributed by atoms with van der Waals surface area (Å²) in [7, 11) is 5.80. The summed E-state index contributed by atoms with van der Waals surface area (Å²) in [6.07, 6.45) is 3.29. The first-order chi connectivity index (χ1) is 10.8. The van der Waals surface area contributed by atoms with Gasteiger partial charge in [0.2, 0.25) is 5.52 Å². The molecule has 23 heavy (non-hydrogen) atoms. The van der Waals surface area contributed by atoms with Crippen molar-refractivity contribution in [2.45, 2.75) is 39.5 Å². The Morgan fingerprint density at radius 1 is 1.30 bits per heavy atom. The monoisotopic (exact) mass is 319 g/mol. The predicted molar refractivity (Wildman–Crippen MR) is 90.0 cm³/mol. The lowest BCUT2D eigenvalue weighted by Crippen LogP contribution is -2.42. The molecule has 1 aliphatic rings. The van der Waals surface area contributed by atoms with Crippen LogP contribution in [-0.4, -0.2) is 34.7 Å². The van der Waals surface area contributed by atoms with Crippen LogP contribution in [0.3, 0.4) is 0 Å². The van der Waals surface area contributed by atoms with E-state index in [1.807, 2.05) is 36.9 Å². The molecule has 1 fully saturated rings. The summed E-state index contributed by atoms with van der Waals surface area (Å²) in [6.45, 7) is 6.68. The average molecular weight is 319 g/mol. The Hall–Kier alpha value is -1.89. The van der Waals surface area contributed by atoms with E-state index < -0.39 is 0 Å². The molecule has 2 aromatic rings. The van der Waals surface area contributed by atoms with Crippen molar-refractivity contribution in [2.75, 3.05) is 24.7 Å². The molecule has 0 amide bonds. The van der Waals surface area contributed by atoms with Gasteiger partial charge in [0.25, 0.3) is 0 Å². The topological polar surface area (TPSA) is 73.1 Å². The molecule has 0 aromatic carbocycles. The highest BCUT2D eigenvalue weighted by Crippen LogP contribution is 2.38. The number of rotatable bonds is 3. The summed E-state index contributed by atoms with van der Waals surface area (Å²) in [5.74, 6) is 2.03. The quantitative estimate of drug-likeness (QED) is 0.868. The fourth-order valence-electron chi connectivity index (χ4n) is 3.46. The number of aryl methyl sites for hydroxylation is 1. The van der Waals surface area contributed by atoms with Crippen molar-refractivity contribution in [2.24, 2.45) is 18.9 Å². The molecule has 0 saturated carbocycles. The number of imidazole rings is 1. The number of fused-ring (bicyclic) bond motifs is 1. The van der Waals surface area contributed by atoms with Crippen molar-refractivity contribution in [3.63, 3.8) is 0 Å². The molecule has 3 heterocycles. The first kappa shape index (κ1) is 16.0. The molecule has 0 bridgehead atoms. The zero-order valence-corrected chi connectivity index (χ0v) is 14.8. The van der Waals surface area contributed by atoms with Gasteiger partial charge in [-0.2, -0.15) is 4.98 Å². The summed E-state index contributed by atoms with van der Waals surface area (Å²) in [4.78, 5) is 11.0. The van der Waals surface area contributed by atoms with Gasteiger partial charge in [0.1, 0.15) is 0 Å². The van der Waals surface area contributed by atoms with Crippen LogP contribution in [0.1, 0.15) is 33.4 Å². The Morgan fingerprint density at radius 3 is 2.57 bits per heavy atom. The van der Waals surface area contributed by atoms with Crippen LogP contribution < -0.4 is 15.2 Å². The first-order valence-corrected chi connectivity index (χ1v) is 8.21. The third kappa shape index (κ3) is 2.43. The third-order valence-corrected chi connectivity index (χ3v) is 5.03. The van der Waals surface area contributed by atoms with Crippen LogP contribution in [0.4, 0.5) is 11.8 Å². The molecule has 2 aromatic heterocycles. The summed E-state index contributed by atoms with van der Waals surface area (Å²) in [6, 6.07) is 0. The molecule has 4 atom stereocenters. The smallest absolute Gasteiger partial charge is 0.311 e. The Kier molecular flexibility index (Phi) is 3.91. The maximum Gasteiger partial charge on any atom is 0.311 e. The minimum absolute atomic E-state index is 0.0250. The van der Waals surface area contributed by atoms with E-state index in [0.717, 1.165) is 17.6 Å². The molecule has 1 aliphatic heterocycles. The Bertz CT molecular complexity index is 725. The number of nitrogens with two attached hydrogens (primary N) is 1. The van der Waals surface area contributed by atoms with E-state index in [2.05, 4.69) is 30.3 Å². The lowest BCUT2D eigenvalue weighted by Gasteiger charge is -2.14. The van der Waals surface area contributed by atoms with E-state index in [1.54, 1.807) is 0 Å². The highest BCUT2D eigenvalue weighted by molar-refractivity contribution is 5.80. The van der Waals surface area contributed by atoms with Gasteiger partial charge in [-0.3, -0.25) is 4.57 Å². The van der Waals surface area contributed by atoms with E-state index >= 15 is 0 Å². The van der Waals surface area contributed by atoms with Crippen LogP contribution in [0.25, 0.3) is 11.2 Å². The highest BCUT2D eigenvalue weighted by Gasteiger charge is 2.42. The number of ether oxygens (including phenoxy) is 1. The van der Waals surface area contributed by atoms with E-state index in [0.29, 0.717) is 23.6 Å². The normalized spacial score (nSPS) is 27.7. The van der Waals surface area contributed by atoms with Crippen LogP contribution in [0.15, 0.2) is 6.33 Å². The minimum Gasteiger partial charge on any atom is -0.380 e. The molecule has 0 aliphatic carbocycles. The number of hydrogen-bond acceptors (Lipinski definition) is 5. The summed E-state index contributed by atoms with van der Waals surface area (Å²) < 4.78 is 10.4. The third-order valence-electron chi connectivity index (χ3n) is 5.03. The molecule has 7 heteroatoms. The highest BCUT2D eigenvalue weighted by atomic mass is 16.5. The number of nitrogens with zero attached hydrogens (tertiary/aromatic N) is 5. The van der Waals surface area contributed by atoms with Crippen LogP contribution in [0, 0.1) is 11.8 Å². The largest absolute Gasteiger partial charge is 0.380 e. The second kappa shape index (κ2) is 5.63. The SMILES string of the molecule is CC[C@H]1O[C@@H]([n+]2cn(C)c3c(N)nc(N(C)C)nc32)[C@H](C)[C@@H]1C. The number of anilines is 2. The average Bonchev–Trinajstić information content (AvgIpc) is 2.98. The summed E-state index contributed by atoms with van der Waals surface area (Å²) in [5.41, 5.74) is 7.84. The number of hydrogen-bond donors (Lipinski definition) is 1. The van der Waals surface area contributed by atoms with E-state index in [4.69, 9.17) is 15.5 Å². The molecule has 2 N–H and O–H groups in total. The van der Waals surface area contributed by atoms with Gasteiger partial charge >= 0.3 is 11.6 Å². The van der Waals surface area contributed by atoms with Gasteiger partial charge in [-0.15, -0.1) is 0 Å². The fraction of sp³-hybridized carbons (Fsp3) is 0.688. The lowest BCUT2D eigenvalue weighted by atomic mass is 9.91. The van der Waals surface area contributed by atoms with Crippen LogP contribution >= 0.6 is 0 Å². The van der Waals surface area contributed by atoms with E-state index in [9.17, 15) is 0 Å². The molecular formula is C16H27N6O+. The van der Waals surface area contributed by atoms with Gasteiger partial charge in [0, 0.05) is 20.0 Å². The van der Waals surface area contributed by atoms with Gasteiger partial charge < -0.3 is 15.4 Å². The van der Waals surface area contributed by atoms with Crippen molar-refractivity contribution in [1.29, 1.82) is 0 Å². The van der Waals surface area contributed by atoms with Gasteiger partial charge in [0.05, 0.1) is 13.2 Å². The first-order valence-electron chi connectivity index (χ1n) is 8.21. The van der Waals surface area contributed by atoms with Crippen molar-refractivity contribution < 1.29 is 9.30 Å². The van der Waals surface area contributed by atoms with Crippen molar-refractivity contribution in [3.05, 3.63) is 6.33 Å². The second-order valence-corrected chi connectivity index (χ2v) is 6.80. The van der Waals surface area contributed by atoms with Gasteiger partial charge in [-0.05, 0) is 12.3 Å². The second-order valence-electron chi connectivity index (χ2n) is 6.80. The molecule has 0 radical (unpaired) electrons. The standard InChI is InChI=1S/C16H27N6O/c1-7-11-9(2)10(3)15(23-11)22-8-21(6)12-13(17)18-16(20(4)5)19-14(12)22/h8-11,15H,7H2,1-6H3,(H2,17,18,19)/q+1/t9-,10+,11+,15+/m0/s1. The minimum atomic E-state index is -0.0250. The summed E-state index contributed by atoms with van der Waals surface area (Å²) >= 11 is 0. The van der Waals surface area contributed by atoms with E-state index in [1.165, 1.54) is 0 Å². The van der Waals surface area contributed by atoms with Crippen molar-refractivity contribution >= 4 is 22.9 Å². The Morgan fingerprint density at radius 2 is 2.00 bits per heavy atom. The maximum atomic E-state index is 6.32. The van der Waals surface area contributed by atoms with Gasteiger partial charge in [-0.25, -0.2) is 4.57 Å². The van der Waals surface area contributed by atoms with Gasteiger partial charge in [-0.1, -0.05) is 25.8 Å². The predicted octanol–water partition coefficient (Wildman–Crippen LogP) is 1.48. The molecule has 3 rings (SSSR count). The van der Waals surface area contributed by atoms with E-state index in [-0.39, 0.29) is 12.3 Å². The van der Waals surface area contributed by atoms with Crippen LogP contribution in [0.2, 0.25) is 0 Å². The summed E-state index contributed by atoms with van der Waals surface area (Å²) in [5, 5.41) is 0. The number of nitrogen functional groups attached to an aromatic ring is 1. The Labute approximate surface area is 137 Å². The zero-order chi connectivity index (χ0) is 16.9. The molecule has 126 valence electrons. The molecule has 0 spiro atoms. The molecule has 7 nitrogen and oxygen atoms in total. The molecular weight excluding hydrogens is 292 g/mol. The lowest BCUT2D eigenvalue weighted by molar-refractivity contribution is -0.745. The fourth-order valence-corrected chi connectivity index (χ4v) is 3.46.